The van der Waals surface area contributed by atoms with E-state index in [1.807, 2.05) is 0 Å². The number of carbonyl (C=O) groups is 1. The largest absolute Gasteiger partial charge is 0.314 e. The predicted molar refractivity (Wildman–Crippen MR) is 102 cm³/mol. The van der Waals surface area contributed by atoms with Crippen LogP contribution in [0, 0.1) is 15.5 Å². The summed E-state index contributed by atoms with van der Waals surface area (Å²) in [4.78, 5) is 23.0. The van der Waals surface area contributed by atoms with E-state index in [4.69, 9.17) is 28.6 Å². The number of nitro groups is 1. The number of hydrogen-bond donors (Lipinski definition) is 1. The van der Waals surface area contributed by atoms with Crippen molar-refractivity contribution in [2.45, 2.75) is 6.54 Å². The number of Topliss-reactive ketones (excluding diaryl/α,β-unsaturated/α-hetero) is 1. The Kier molecular flexibility index (Phi) is 5.16. The maximum Gasteiger partial charge on any atom is 0.270 e. The lowest BCUT2D eigenvalue weighted by molar-refractivity contribution is -0.384. The second kappa shape index (κ2) is 7.38. The summed E-state index contributed by atoms with van der Waals surface area (Å²) in [5.41, 5.74) is 1.60. The van der Waals surface area contributed by atoms with E-state index in [-0.39, 0.29) is 28.7 Å². The first-order valence-electron chi connectivity index (χ1n) is 7.81. The van der Waals surface area contributed by atoms with Crippen molar-refractivity contribution in [3.8, 4) is 11.3 Å². The SMILES string of the molecule is Cn1c(-c2cccc([N+](=O)[O-])c2)cn(CC(=O)c2ccc(Cl)c(Cl)c2)c1=N. The molecule has 0 amide bonds. The van der Waals surface area contributed by atoms with E-state index in [2.05, 4.69) is 0 Å². The Labute approximate surface area is 164 Å². The molecule has 7 nitrogen and oxygen atoms in total. The first kappa shape index (κ1) is 18.9. The van der Waals surface area contributed by atoms with Crippen molar-refractivity contribution in [1.82, 2.24) is 9.13 Å². The number of rotatable bonds is 5. The number of imidazole rings is 1. The van der Waals surface area contributed by atoms with Gasteiger partial charge in [0.2, 0.25) is 5.62 Å². The summed E-state index contributed by atoms with van der Waals surface area (Å²) >= 11 is 11.8. The molecule has 0 aliphatic rings. The minimum Gasteiger partial charge on any atom is -0.314 e. The predicted octanol–water partition coefficient (Wildman–Crippen LogP) is 4.07. The highest BCUT2D eigenvalue weighted by Gasteiger charge is 2.15. The Balaban J connectivity index is 1.94. The van der Waals surface area contributed by atoms with Gasteiger partial charge in [0.1, 0.15) is 0 Å². The molecule has 0 aliphatic carbocycles. The summed E-state index contributed by atoms with van der Waals surface area (Å²) in [5.74, 6) is -0.233. The number of nitrogens with zero attached hydrogens (tertiary/aromatic N) is 3. The molecule has 0 unspecified atom stereocenters. The van der Waals surface area contributed by atoms with Crippen LogP contribution in [-0.4, -0.2) is 19.8 Å². The van der Waals surface area contributed by atoms with Gasteiger partial charge in [0, 0.05) is 36.5 Å². The van der Waals surface area contributed by atoms with Crippen LogP contribution in [0.5, 0.6) is 0 Å². The van der Waals surface area contributed by atoms with E-state index in [1.165, 1.54) is 22.8 Å². The number of carbonyl (C=O) groups excluding carboxylic acids is 1. The highest BCUT2D eigenvalue weighted by molar-refractivity contribution is 6.42. The maximum absolute atomic E-state index is 12.5. The van der Waals surface area contributed by atoms with Gasteiger partial charge >= 0.3 is 0 Å². The molecule has 0 atom stereocenters. The Morgan fingerprint density at radius 3 is 2.59 bits per heavy atom. The topological polar surface area (TPSA) is 93.9 Å². The van der Waals surface area contributed by atoms with Crippen molar-refractivity contribution in [2.75, 3.05) is 0 Å². The molecule has 1 heterocycles. The average Bonchev–Trinajstić information content (AvgIpc) is 2.92. The molecule has 0 aliphatic heterocycles. The van der Waals surface area contributed by atoms with Crippen LogP contribution in [0.15, 0.2) is 48.7 Å². The Morgan fingerprint density at radius 1 is 1.19 bits per heavy atom. The monoisotopic (exact) mass is 404 g/mol. The smallest absolute Gasteiger partial charge is 0.270 e. The lowest BCUT2D eigenvalue weighted by Gasteiger charge is -2.04. The highest BCUT2D eigenvalue weighted by atomic mass is 35.5. The number of nitrogens with one attached hydrogen (secondary N) is 1. The molecule has 27 heavy (non-hydrogen) atoms. The molecule has 0 bridgehead atoms. The van der Waals surface area contributed by atoms with Crippen molar-refractivity contribution < 1.29 is 9.72 Å². The summed E-state index contributed by atoms with van der Waals surface area (Å²) in [7, 11) is 1.66. The van der Waals surface area contributed by atoms with E-state index >= 15 is 0 Å². The Morgan fingerprint density at radius 2 is 1.93 bits per heavy atom. The van der Waals surface area contributed by atoms with Gasteiger partial charge in [-0.1, -0.05) is 35.3 Å². The fraction of sp³-hybridized carbons (Fsp3) is 0.111. The normalized spacial score (nSPS) is 10.8. The standard InChI is InChI=1S/C18H14Cl2N4O3/c1-22-16(11-3-2-4-13(7-11)24(26)27)9-23(18(22)21)10-17(25)12-5-6-14(19)15(20)8-12/h2-9,21H,10H2,1H3. The van der Waals surface area contributed by atoms with Gasteiger partial charge in [-0.25, -0.2) is 0 Å². The van der Waals surface area contributed by atoms with Crippen molar-refractivity contribution in [3.63, 3.8) is 0 Å². The fourth-order valence-corrected chi connectivity index (χ4v) is 2.98. The molecule has 0 radical (unpaired) electrons. The second-order valence-electron chi connectivity index (χ2n) is 5.88. The van der Waals surface area contributed by atoms with Crippen molar-refractivity contribution in [1.29, 1.82) is 5.41 Å². The molecule has 0 saturated carbocycles. The first-order chi connectivity index (χ1) is 12.8. The third-order valence-corrected chi connectivity index (χ3v) is 4.88. The van der Waals surface area contributed by atoms with Gasteiger partial charge < -0.3 is 9.13 Å². The summed E-state index contributed by atoms with van der Waals surface area (Å²) in [6, 6.07) is 10.7. The van der Waals surface area contributed by atoms with Crippen LogP contribution in [0.2, 0.25) is 10.0 Å². The van der Waals surface area contributed by atoms with Crippen molar-refractivity contribution >= 4 is 34.7 Å². The number of halogens is 2. The van der Waals surface area contributed by atoms with Gasteiger partial charge in [0.05, 0.1) is 27.2 Å². The highest BCUT2D eigenvalue weighted by Crippen LogP contribution is 2.24. The molecule has 0 spiro atoms. The summed E-state index contributed by atoms with van der Waals surface area (Å²) in [5, 5.41) is 19.9. The molecule has 1 N–H and O–H groups in total. The first-order valence-corrected chi connectivity index (χ1v) is 8.57. The fourth-order valence-electron chi connectivity index (χ4n) is 2.69. The molecule has 2 aromatic carbocycles. The van der Waals surface area contributed by atoms with Crippen molar-refractivity contribution in [2.24, 2.45) is 7.05 Å². The van der Waals surface area contributed by atoms with Gasteiger partial charge in [-0.3, -0.25) is 20.3 Å². The molecule has 0 saturated heterocycles. The van der Waals surface area contributed by atoms with Crippen LogP contribution in [0.25, 0.3) is 11.3 Å². The lowest BCUT2D eigenvalue weighted by Crippen LogP contribution is -2.25. The molecule has 138 valence electrons. The number of non-ortho nitro benzene ring substituents is 1. The summed E-state index contributed by atoms with van der Waals surface area (Å²) in [6.07, 6.45) is 1.62. The third-order valence-electron chi connectivity index (χ3n) is 4.14. The maximum atomic E-state index is 12.5. The van der Waals surface area contributed by atoms with Gasteiger partial charge in [-0.05, 0) is 18.2 Å². The molecule has 3 aromatic rings. The molecular weight excluding hydrogens is 391 g/mol. The Hall–Kier alpha value is -2.90. The summed E-state index contributed by atoms with van der Waals surface area (Å²) < 4.78 is 3.03. The number of aromatic nitrogens is 2. The number of hydrogen-bond acceptors (Lipinski definition) is 4. The third kappa shape index (κ3) is 3.79. The van der Waals surface area contributed by atoms with Gasteiger partial charge in [-0.15, -0.1) is 0 Å². The number of ketones is 1. The zero-order chi connectivity index (χ0) is 19.7. The van der Waals surface area contributed by atoms with Crippen LogP contribution in [-0.2, 0) is 13.6 Å². The van der Waals surface area contributed by atoms with E-state index in [1.54, 1.807) is 42.1 Å². The van der Waals surface area contributed by atoms with E-state index in [0.717, 1.165) is 0 Å². The van der Waals surface area contributed by atoms with Gasteiger partial charge in [0.15, 0.2) is 5.78 Å². The Bertz CT molecular complexity index is 1120. The van der Waals surface area contributed by atoms with Gasteiger partial charge in [-0.2, -0.15) is 0 Å². The van der Waals surface area contributed by atoms with Crippen LogP contribution in [0.4, 0.5) is 5.69 Å². The molecule has 9 heteroatoms. The molecule has 3 rings (SSSR count). The van der Waals surface area contributed by atoms with Gasteiger partial charge in [0.25, 0.3) is 5.69 Å². The van der Waals surface area contributed by atoms with Crippen molar-refractivity contribution in [3.05, 3.63) is 80.0 Å². The number of nitro benzene ring substituents is 1. The second-order valence-corrected chi connectivity index (χ2v) is 6.70. The van der Waals surface area contributed by atoms with Crippen LogP contribution in [0.1, 0.15) is 10.4 Å². The average molecular weight is 405 g/mol. The zero-order valence-corrected chi connectivity index (χ0v) is 15.7. The van der Waals surface area contributed by atoms with E-state index in [0.29, 0.717) is 21.8 Å². The zero-order valence-electron chi connectivity index (χ0n) is 14.1. The molecular formula is C18H14Cl2N4O3. The minimum atomic E-state index is -0.476. The lowest BCUT2D eigenvalue weighted by atomic mass is 10.1. The minimum absolute atomic E-state index is 0.0429. The summed E-state index contributed by atoms with van der Waals surface area (Å²) in [6.45, 7) is -0.0699. The number of benzene rings is 2. The quantitative estimate of drug-likeness (QED) is 0.394. The molecule has 0 fully saturated rings. The van der Waals surface area contributed by atoms with Crippen LogP contribution in [0.3, 0.4) is 0 Å². The molecule has 1 aromatic heterocycles. The van der Waals surface area contributed by atoms with E-state index < -0.39 is 4.92 Å². The van der Waals surface area contributed by atoms with E-state index in [9.17, 15) is 14.9 Å². The van der Waals surface area contributed by atoms with Crippen LogP contribution < -0.4 is 5.62 Å². The van der Waals surface area contributed by atoms with Crippen LogP contribution >= 0.6 is 23.2 Å².